The molecule has 0 radical (unpaired) electrons. The summed E-state index contributed by atoms with van der Waals surface area (Å²) in [6, 6.07) is 22.6. The molecular formula is C72H82Cl2N8O10S2. The number of halogens is 2. The molecule has 2 amide bonds. The van der Waals surface area contributed by atoms with Gasteiger partial charge in [0.25, 0.3) is 11.8 Å². The van der Waals surface area contributed by atoms with E-state index in [1.807, 2.05) is 38.1 Å². The molecule has 2 spiro atoms. The summed E-state index contributed by atoms with van der Waals surface area (Å²) in [6.07, 6.45) is 26.8. The van der Waals surface area contributed by atoms with E-state index in [1.54, 1.807) is 99.6 Å². The van der Waals surface area contributed by atoms with Crippen LogP contribution >= 0.6 is 23.2 Å². The van der Waals surface area contributed by atoms with Crippen LogP contribution in [0, 0.1) is 35.5 Å². The van der Waals surface area contributed by atoms with Gasteiger partial charge in [-0.1, -0.05) is 73.5 Å². The van der Waals surface area contributed by atoms with E-state index in [0.717, 1.165) is 75.6 Å². The average Bonchev–Trinajstić information content (AvgIpc) is 1.32. The molecule has 6 aromatic rings. The number of nitrogens with one attached hydrogen (secondary N) is 2. The van der Waals surface area contributed by atoms with Crippen LogP contribution in [0.2, 0.25) is 10.0 Å². The fraction of sp³-hybridized carbons (Fsp3) is 0.472. The van der Waals surface area contributed by atoms with Crippen molar-refractivity contribution in [2.75, 3.05) is 49.2 Å². The van der Waals surface area contributed by atoms with Gasteiger partial charge >= 0.3 is 0 Å². The van der Waals surface area contributed by atoms with Crippen molar-refractivity contribution in [2.24, 2.45) is 35.5 Å². The predicted molar refractivity (Wildman–Crippen MR) is 362 cm³/mol. The number of amides is 2. The van der Waals surface area contributed by atoms with Gasteiger partial charge in [-0.05, 0) is 197 Å². The van der Waals surface area contributed by atoms with Crippen molar-refractivity contribution < 1.29 is 46.1 Å². The normalized spacial score (nSPS) is 32.5. The smallest absolute Gasteiger partial charge is 0.264 e. The lowest BCUT2D eigenvalue weighted by Crippen LogP contribution is -2.51. The number of carbonyl (C=O) groups is 2. The second-order valence-corrected chi connectivity index (χ2v) is 32.8. The molecule has 4 aliphatic heterocycles. The third-order valence-corrected chi connectivity index (χ3v) is 26.5. The summed E-state index contributed by atoms with van der Waals surface area (Å²) in [4.78, 5) is 49.2. The first-order valence-corrected chi connectivity index (χ1v) is 36.9. The van der Waals surface area contributed by atoms with E-state index in [4.69, 9.17) is 32.7 Å². The minimum absolute atomic E-state index is 0.102. The number of aliphatic hydroxyl groups is 2. The highest BCUT2D eigenvalue weighted by Gasteiger charge is 2.52. The van der Waals surface area contributed by atoms with Gasteiger partial charge < -0.3 is 29.5 Å². The van der Waals surface area contributed by atoms with Crippen LogP contribution in [0.3, 0.4) is 0 Å². The Morgan fingerprint density at radius 1 is 0.564 bits per heavy atom. The number of aryl methyl sites for hydroxylation is 2. The highest BCUT2D eigenvalue weighted by Crippen LogP contribution is 2.53. The third kappa shape index (κ3) is 12.5. The molecule has 18 nitrogen and oxygen atoms in total. The number of fused-ring (bicyclic) bond motifs is 8. The standard InChI is InChI=1S/2C36H41ClN4O5S/c2*1-23-5-3-14-36(43,33-19-38-15-16-39-33)30-10-7-27(30)20-41-21-35(13-4-6-25-17-28(37)9-11-29(25)35)22-46-32-12-8-26(18-31(32)41)34(42)40-47(44,45)24(23)2/h2*3,8-9,11-12,14-19,23-24,27,30,43H,4-7,10,13,20-22H2,1-2H3,(H,40,42)/b2*14-3+/t23-,24+,27-,30+,35-,36+;23-,24+,27-,30+,35-,36-/m00/s1. The van der Waals surface area contributed by atoms with Crippen molar-refractivity contribution in [3.63, 3.8) is 0 Å². The molecule has 8 aliphatic rings. The Kier molecular flexibility index (Phi) is 18.1. The van der Waals surface area contributed by atoms with Gasteiger partial charge in [-0.2, -0.15) is 0 Å². The lowest BCUT2D eigenvalue weighted by atomic mass is 9.63. The molecule has 94 heavy (non-hydrogen) atoms. The van der Waals surface area contributed by atoms with Crippen molar-refractivity contribution in [1.29, 1.82) is 0 Å². The number of hydrogen-bond acceptors (Lipinski definition) is 16. The monoisotopic (exact) mass is 1350 g/mol. The average molecular weight is 1350 g/mol. The van der Waals surface area contributed by atoms with Crippen molar-refractivity contribution >= 4 is 66.4 Å². The Bertz CT molecular complexity index is 3910. The van der Waals surface area contributed by atoms with Gasteiger partial charge in [-0.15, -0.1) is 0 Å². The molecule has 2 aromatic heterocycles. The topological polar surface area (TPSA) is 243 Å². The first-order chi connectivity index (χ1) is 45.0. The molecule has 22 heteroatoms. The maximum absolute atomic E-state index is 13.5. The summed E-state index contributed by atoms with van der Waals surface area (Å²) in [7, 11) is -8.00. The van der Waals surface area contributed by atoms with Gasteiger partial charge in [0.1, 0.15) is 22.7 Å². The lowest BCUT2D eigenvalue weighted by Gasteiger charge is -2.48. The fourth-order valence-corrected chi connectivity index (χ4v) is 19.1. The zero-order valence-electron chi connectivity index (χ0n) is 53.5. The maximum Gasteiger partial charge on any atom is 0.264 e. The number of anilines is 2. The Hall–Kier alpha value is -6.94. The van der Waals surface area contributed by atoms with Gasteiger partial charge in [-0.25, -0.2) is 26.3 Å². The lowest BCUT2D eigenvalue weighted by molar-refractivity contribution is -0.0534. The van der Waals surface area contributed by atoms with Crippen LogP contribution in [0.5, 0.6) is 11.5 Å². The van der Waals surface area contributed by atoms with Crippen LogP contribution in [0.4, 0.5) is 11.4 Å². The van der Waals surface area contributed by atoms with E-state index in [2.05, 4.69) is 63.4 Å². The highest BCUT2D eigenvalue weighted by atomic mass is 35.5. The van der Waals surface area contributed by atoms with Crippen LogP contribution in [-0.4, -0.2) is 109 Å². The quantitative estimate of drug-likeness (QED) is 0.118. The van der Waals surface area contributed by atoms with Crippen molar-refractivity contribution in [3.05, 3.63) is 189 Å². The van der Waals surface area contributed by atoms with Gasteiger partial charge in [0.05, 0.1) is 58.9 Å². The molecule has 12 atom stereocenters. The Morgan fingerprint density at radius 2 is 0.989 bits per heavy atom. The summed E-state index contributed by atoms with van der Waals surface area (Å²) in [5, 5.41) is 24.6. The van der Waals surface area contributed by atoms with E-state index in [-0.39, 0.29) is 57.5 Å². The summed E-state index contributed by atoms with van der Waals surface area (Å²) in [5.74, 6) is -0.777. The zero-order chi connectivity index (χ0) is 66.0. The van der Waals surface area contributed by atoms with Gasteiger partial charge in [0.15, 0.2) is 0 Å². The summed E-state index contributed by atoms with van der Waals surface area (Å²) < 4.78 is 71.4. The van der Waals surface area contributed by atoms with Crippen LogP contribution in [-0.2, 0) is 54.9 Å². The molecule has 6 heterocycles. The fourth-order valence-electron chi connectivity index (χ4n) is 16.1. The summed E-state index contributed by atoms with van der Waals surface area (Å²) >= 11 is 12.9. The first-order valence-electron chi connectivity index (χ1n) is 33.0. The molecule has 4 aromatic carbocycles. The van der Waals surface area contributed by atoms with Crippen molar-refractivity contribution in [1.82, 2.24) is 29.4 Å². The molecule has 14 rings (SSSR count). The van der Waals surface area contributed by atoms with E-state index >= 15 is 0 Å². The SMILES string of the molecule is C[C@@H]1[C@@H](C)C/C=C/[C@@](O)(c2cnccn2)[C@@H]2CC[C@H]2CN2C[C@@]3(CCCc4cc(Cl)ccc43)COc3ccc(cc32)C(=O)NS1(=O)=O.C[C@@H]1[C@@H](C)C/C=C/[C@](O)(c2cnccn2)[C@@H]2CC[C@H]2CN2C[C@@]3(CCCc4cc(Cl)ccc43)COc3ccc(cc32)C(=O)NS1(=O)=O. The number of allylic oxidation sites excluding steroid dienone is 2. The second-order valence-electron chi connectivity index (χ2n) is 27.9. The van der Waals surface area contributed by atoms with Gasteiger partial charge in [-0.3, -0.25) is 29.5 Å². The number of sulfonamides is 2. The van der Waals surface area contributed by atoms with E-state index < -0.39 is 53.6 Å². The summed E-state index contributed by atoms with van der Waals surface area (Å²) in [6.45, 7) is 10.3. The minimum atomic E-state index is -4.00. The van der Waals surface area contributed by atoms with E-state index in [0.29, 0.717) is 85.2 Å². The Balaban J connectivity index is 0.000000171. The third-order valence-electron chi connectivity index (χ3n) is 22.2. The molecule has 0 saturated heterocycles. The predicted octanol–water partition coefficient (Wildman–Crippen LogP) is 11.1. The number of nitrogens with zero attached hydrogens (tertiary/aromatic N) is 6. The number of hydrogen-bond donors (Lipinski definition) is 4. The largest absolute Gasteiger partial charge is 0.490 e. The maximum atomic E-state index is 13.5. The molecule has 4 aliphatic carbocycles. The molecule has 0 unspecified atom stereocenters. The van der Waals surface area contributed by atoms with Gasteiger partial charge in [0.2, 0.25) is 20.0 Å². The number of carbonyl (C=O) groups excluding carboxylic acids is 2. The van der Waals surface area contributed by atoms with Gasteiger partial charge in [0, 0.05) is 94.8 Å². The minimum Gasteiger partial charge on any atom is -0.490 e. The first kappa shape index (κ1) is 65.7. The summed E-state index contributed by atoms with van der Waals surface area (Å²) in [5.41, 5.74) is 4.42. The molecule has 496 valence electrons. The van der Waals surface area contributed by atoms with E-state index in [9.17, 15) is 36.6 Å². The highest BCUT2D eigenvalue weighted by molar-refractivity contribution is 7.91. The Morgan fingerprint density at radius 3 is 1.37 bits per heavy atom. The second kappa shape index (κ2) is 25.9. The van der Waals surface area contributed by atoms with Crippen molar-refractivity contribution in [3.8, 4) is 11.5 Å². The number of benzene rings is 4. The van der Waals surface area contributed by atoms with Crippen LogP contribution in [0.15, 0.2) is 134 Å². The number of ether oxygens (including phenoxy) is 2. The molecule has 2 fully saturated rings. The molecular weight excluding hydrogens is 1270 g/mol. The molecule has 4 bridgehead atoms. The van der Waals surface area contributed by atoms with Crippen LogP contribution < -0.4 is 28.7 Å². The van der Waals surface area contributed by atoms with E-state index in [1.165, 1.54) is 22.3 Å². The van der Waals surface area contributed by atoms with Crippen LogP contribution in [0.25, 0.3) is 0 Å². The number of aromatic nitrogens is 4. The Labute approximate surface area is 561 Å². The number of rotatable bonds is 2. The van der Waals surface area contributed by atoms with Crippen molar-refractivity contribution in [2.45, 2.75) is 137 Å². The zero-order valence-corrected chi connectivity index (χ0v) is 56.6. The molecule has 2 saturated carbocycles. The van der Waals surface area contributed by atoms with Crippen LogP contribution in [0.1, 0.15) is 146 Å². The molecule has 4 N–H and O–H groups in total.